The molecule has 11 heteroatoms. The number of fused-ring (bicyclic) bond motifs is 3. The molecule has 11 nitrogen and oxygen atoms in total. The molecule has 1 amide bonds. The Morgan fingerprint density at radius 3 is 2.34 bits per heavy atom. The molecule has 2 unspecified atom stereocenters. The van der Waals surface area contributed by atoms with Crippen molar-refractivity contribution >= 4 is 28.4 Å². The molecule has 6 rings (SSSR count). The lowest BCUT2D eigenvalue weighted by atomic mass is 9.85. The first-order valence-corrected chi connectivity index (χ1v) is 13.8. The Morgan fingerprint density at radius 2 is 1.73 bits per heavy atom. The highest BCUT2D eigenvalue weighted by atomic mass is 16.5. The molecular weight excluding hydrogens is 524 g/mol. The molecule has 214 valence electrons. The summed E-state index contributed by atoms with van der Waals surface area (Å²) in [7, 11) is 3.27. The maximum Gasteiger partial charge on any atom is 0.277 e. The number of pyridine rings is 1. The molecular formula is C30H34N6O5. The largest absolute Gasteiger partial charge is 0.493 e. The van der Waals surface area contributed by atoms with Crippen LogP contribution in [-0.2, 0) is 0 Å². The van der Waals surface area contributed by atoms with Crippen molar-refractivity contribution in [2.24, 2.45) is 17.8 Å². The molecule has 0 radical (unpaired) electrons. The fourth-order valence-electron chi connectivity index (χ4n) is 6.45. The molecule has 2 aliphatic rings. The minimum atomic E-state index is -0.623. The van der Waals surface area contributed by atoms with Crippen LogP contribution in [0.25, 0.3) is 22.2 Å². The summed E-state index contributed by atoms with van der Waals surface area (Å²) < 4.78 is 17.0. The molecule has 2 fully saturated rings. The lowest BCUT2D eigenvalue weighted by molar-refractivity contribution is 0.0705. The Bertz CT molecular complexity index is 1570. The SMILES string of the molecule is COc1cc2nc(-c3cc(C)oc3C)cc(NCC3C4CCC3CN(c3ncc(C(=O)NO)cn3)C4)c2cc1OC. The summed E-state index contributed by atoms with van der Waals surface area (Å²) in [5.74, 6) is 4.44. The van der Waals surface area contributed by atoms with Gasteiger partial charge in [-0.1, -0.05) is 0 Å². The second-order valence-electron chi connectivity index (χ2n) is 10.9. The predicted octanol–water partition coefficient (Wildman–Crippen LogP) is 4.61. The van der Waals surface area contributed by atoms with E-state index in [-0.39, 0.29) is 5.56 Å². The van der Waals surface area contributed by atoms with Crippen LogP contribution in [0.3, 0.4) is 0 Å². The Labute approximate surface area is 237 Å². The number of aromatic nitrogens is 3. The third-order valence-corrected chi connectivity index (χ3v) is 8.47. The van der Waals surface area contributed by atoms with Gasteiger partial charge >= 0.3 is 0 Å². The minimum Gasteiger partial charge on any atom is -0.493 e. The summed E-state index contributed by atoms with van der Waals surface area (Å²) >= 11 is 0. The lowest BCUT2D eigenvalue weighted by Gasteiger charge is -2.38. The van der Waals surface area contributed by atoms with Crippen molar-refractivity contribution in [3.63, 3.8) is 0 Å². The number of hydrogen-bond acceptors (Lipinski definition) is 10. The number of nitrogens with one attached hydrogen (secondary N) is 2. The Hall–Kier alpha value is -4.38. The number of hydroxylamine groups is 1. The fraction of sp³-hybridized carbons (Fsp3) is 0.400. The maximum absolute atomic E-state index is 11.6. The van der Waals surface area contributed by atoms with Crippen LogP contribution in [-0.4, -0.2) is 59.9 Å². The predicted molar refractivity (Wildman–Crippen MR) is 154 cm³/mol. The second-order valence-corrected chi connectivity index (χ2v) is 10.9. The zero-order chi connectivity index (χ0) is 28.7. The number of furan rings is 1. The van der Waals surface area contributed by atoms with Gasteiger partial charge in [0.05, 0.1) is 31.0 Å². The second kappa shape index (κ2) is 10.9. The van der Waals surface area contributed by atoms with Crippen LogP contribution >= 0.6 is 0 Å². The first-order chi connectivity index (χ1) is 19.9. The van der Waals surface area contributed by atoms with Crippen molar-refractivity contribution in [2.75, 3.05) is 44.1 Å². The van der Waals surface area contributed by atoms with Crippen molar-refractivity contribution in [3.05, 3.63) is 53.7 Å². The average Bonchev–Trinajstić information content (AvgIpc) is 3.45. The van der Waals surface area contributed by atoms with Gasteiger partial charge in [-0.2, -0.15) is 0 Å². The maximum atomic E-state index is 11.6. The van der Waals surface area contributed by atoms with Crippen LogP contribution in [0.1, 0.15) is 34.7 Å². The van der Waals surface area contributed by atoms with Crippen molar-refractivity contribution in [1.82, 2.24) is 20.4 Å². The number of anilines is 2. The molecule has 3 N–H and O–H groups in total. The van der Waals surface area contributed by atoms with E-state index in [1.54, 1.807) is 19.7 Å². The summed E-state index contributed by atoms with van der Waals surface area (Å²) in [6, 6.07) is 8.02. The molecule has 1 aliphatic heterocycles. The van der Waals surface area contributed by atoms with Gasteiger partial charge in [0, 0.05) is 54.7 Å². The van der Waals surface area contributed by atoms with Crippen LogP contribution in [0.5, 0.6) is 11.5 Å². The van der Waals surface area contributed by atoms with Crippen molar-refractivity contribution in [2.45, 2.75) is 26.7 Å². The molecule has 1 saturated heterocycles. The molecule has 1 aliphatic carbocycles. The molecule has 0 spiro atoms. The van der Waals surface area contributed by atoms with Gasteiger partial charge in [-0.05, 0) is 62.6 Å². The smallest absolute Gasteiger partial charge is 0.277 e. The number of carbonyl (C=O) groups is 1. The van der Waals surface area contributed by atoms with E-state index >= 15 is 0 Å². The molecule has 41 heavy (non-hydrogen) atoms. The number of hydrogen-bond donors (Lipinski definition) is 3. The number of benzene rings is 1. The number of aryl methyl sites for hydroxylation is 2. The molecule has 1 saturated carbocycles. The van der Waals surface area contributed by atoms with E-state index in [1.807, 2.05) is 32.0 Å². The number of ether oxygens (including phenoxy) is 2. The third kappa shape index (κ3) is 5.01. The zero-order valence-corrected chi connectivity index (χ0v) is 23.6. The van der Waals surface area contributed by atoms with E-state index in [0.717, 1.165) is 71.8 Å². The van der Waals surface area contributed by atoms with Crippen LogP contribution in [0.15, 0.2) is 41.1 Å². The summed E-state index contributed by atoms with van der Waals surface area (Å²) in [5, 5.41) is 13.6. The van der Waals surface area contributed by atoms with E-state index in [4.69, 9.17) is 24.1 Å². The van der Waals surface area contributed by atoms with Gasteiger partial charge in [0.15, 0.2) is 11.5 Å². The molecule has 3 aromatic heterocycles. The quantitative estimate of drug-likeness (QED) is 0.208. The van der Waals surface area contributed by atoms with Crippen LogP contribution in [0.2, 0.25) is 0 Å². The van der Waals surface area contributed by atoms with Crippen LogP contribution < -0.4 is 25.2 Å². The van der Waals surface area contributed by atoms with Gasteiger partial charge in [0.1, 0.15) is 11.5 Å². The van der Waals surface area contributed by atoms with E-state index in [1.165, 1.54) is 12.4 Å². The molecule has 2 bridgehead atoms. The highest BCUT2D eigenvalue weighted by Crippen LogP contribution is 2.43. The summed E-state index contributed by atoms with van der Waals surface area (Å²) in [4.78, 5) is 27.6. The van der Waals surface area contributed by atoms with Gasteiger partial charge in [-0.15, -0.1) is 0 Å². The minimum absolute atomic E-state index is 0.220. The van der Waals surface area contributed by atoms with E-state index in [2.05, 4.69) is 26.3 Å². The fourth-order valence-corrected chi connectivity index (χ4v) is 6.45. The molecule has 1 aromatic carbocycles. The third-order valence-electron chi connectivity index (χ3n) is 8.47. The topological polar surface area (TPSA) is 135 Å². The van der Waals surface area contributed by atoms with E-state index < -0.39 is 5.91 Å². The molecule has 4 aromatic rings. The highest BCUT2D eigenvalue weighted by molar-refractivity contribution is 5.96. The summed E-state index contributed by atoms with van der Waals surface area (Å²) in [6.45, 7) is 6.44. The van der Waals surface area contributed by atoms with Crippen molar-refractivity contribution < 1.29 is 23.9 Å². The lowest BCUT2D eigenvalue weighted by Crippen LogP contribution is -2.45. The van der Waals surface area contributed by atoms with Crippen LogP contribution in [0.4, 0.5) is 11.6 Å². The van der Waals surface area contributed by atoms with E-state index in [9.17, 15) is 4.79 Å². The number of carbonyl (C=O) groups excluding carboxylic acids is 1. The number of amides is 1. The number of nitrogens with zero attached hydrogens (tertiary/aromatic N) is 4. The van der Waals surface area contributed by atoms with Gasteiger partial charge in [0.25, 0.3) is 5.91 Å². The Balaban J connectivity index is 1.26. The van der Waals surface area contributed by atoms with E-state index in [0.29, 0.717) is 35.2 Å². The first-order valence-electron chi connectivity index (χ1n) is 13.8. The van der Waals surface area contributed by atoms with Gasteiger partial charge < -0.3 is 24.1 Å². The summed E-state index contributed by atoms with van der Waals surface area (Å²) in [5.41, 5.74) is 5.46. The molecule has 4 heterocycles. The van der Waals surface area contributed by atoms with Crippen molar-refractivity contribution in [1.29, 1.82) is 0 Å². The Morgan fingerprint density at radius 1 is 1.05 bits per heavy atom. The Kier molecular flexibility index (Phi) is 7.12. The monoisotopic (exact) mass is 558 g/mol. The standard InChI is InChI=1S/C30H34N6O5/c1-16-7-21(17(2)41-16)25-9-24(22-8-27(39-3)28(40-4)10-26(22)34-25)31-13-23-18-5-6-19(23)15-36(14-18)30-32-11-20(12-33-30)29(37)35-38/h7-12,18-19,23,38H,5-6,13-15H2,1-4H3,(H,31,34)(H,35,37). The number of piperidine rings is 1. The summed E-state index contributed by atoms with van der Waals surface area (Å²) in [6.07, 6.45) is 5.20. The van der Waals surface area contributed by atoms with Crippen LogP contribution in [0, 0.1) is 31.6 Å². The van der Waals surface area contributed by atoms with Gasteiger partial charge in [-0.25, -0.2) is 20.4 Å². The number of rotatable bonds is 8. The zero-order valence-electron chi connectivity index (χ0n) is 23.6. The van der Waals surface area contributed by atoms with Crippen molar-refractivity contribution in [3.8, 4) is 22.8 Å². The van der Waals surface area contributed by atoms with Gasteiger partial charge in [0.2, 0.25) is 5.95 Å². The highest BCUT2D eigenvalue weighted by Gasteiger charge is 2.42. The normalized spacial score (nSPS) is 19.8. The number of methoxy groups -OCH3 is 2. The first kappa shape index (κ1) is 26.8. The van der Waals surface area contributed by atoms with Gasteiger partial charge in [-0.3, -0.25) is 10.0 Å². The average molecular weight is 559 g/mol. The molecule has 2 atom stereocenters.